The lowest BCUT2D eigenvalue weighted by molar-refractivity contribution is -0.181. The van der Waals surface area contributed by atoms with Gasteiger partial charge in [-0.1, -0.05) is 51.1 Å². The van der Waals surface area contributed by atoms with Crippen LogP contribution in [0.2, 0.25) is 18.1 Å². The maximum absolute atomic E-state index is 6.71. The van der Waals surface area contributed by atoms with Crippen molar-refractivity contribution in [3.8, 4) is 0 Å². The van der Waals surface area contributed by atoms with Gasteiger partial charge < -0.3 is 24.4 Å². The molecule has 0 spiro atoms. The molecule has 2 fully saturated rings. The van der Waals surface area contributed by atoms with Gasteiger partial charge in [-0.3, -0.25) is 0 Å². The van der Waals surface area contributed by atoms with Gasteiger partial charge in [0, 0.05) is 0 Å². The molecule has 1 aromatic rings. The summed E-state index contributed by atoms with van der Waals surface area (Å²) in [6.07, 6.45) is -0.911. The Morgan fingerprint density at radius 3 is 2.22 bits per heavy atom. The highest BCUT2D eigenvalue weighted by molar-refractivity contribution is 6.74. The van der Waals surface area contributed by atoms with Crippen LogP contribution in [0.25, 0.3) is 0 Å². The normalized spacial score (nSPS) is 33.3. The van der Waals surface area contributed by atoms with Crippen LogP contribution in [0, 0.1) is 0 Å². The first-order valence-electron chi connectivity index (χ1n) is 9.86. The molecule has 1 aromatic carbocycles. The van der Waals surface area contributed by atoms with E-state index in [-0.39, 0.29) is 35.5 Å². The van der Waals surface area contributed by atoms with Crippen molar-refractivity contribution in [3.63, 3.8) is 0 Å². The molecule has 1 heterocycles. The summed E-state index contributed by atoms with van der Waals surface area (Å²) in [5.41, 5.74) is 7.73. The Labute approximate surface area is 164 Å². The highest BCUT2D eigenvalue weighted by Crippen LogP contribution is 2.44. The van der Waals surface area contributed by atoms with Crippen LogP contribution in [-0.2, 0) is 25.2 Å². The van der Waals surface area contributed by atoms with Crippen molar-refractivity contribution in [1.82, 2.24) is 0 Å². The summed E-state index contributed by atoms with van der Waals surface area (Å²) in [6.45, 7) is 15.5. The van der Waals surface area contributed by atoms with Gasteiger partial charge in [0.05, 0.1) is 18.8 Å². The third kappa shape index (κ3) is 4.31. The Morgan fingerprint density at radius 2 is 1.63 bits per heavy atom. The van der Waals surface area contributed by atoms with E-state index >= 15 is 0 Å². The molecule has 6 heteroatoms. The van der Waals surface area contributed by atoms with Gasteiger partial charge in [0.25, 0.3) is 0 Å². The first-order chi connectivity index (χ1) is 12.4. The summed E-state index contributed by atoms with van der Waals surface area (Å²) < 4.78 is 25.3. The van der Waals surface area contributed by atoms with Crippen molar-refractivity contribution in [3.05, 3.63) is 35.9 Å². The van der Waals surface area contributed by atoms with E-state index in [4.69, 9.17) is 24.4 Å². The minimum absolute atomic E-state index is 0.0926. The van der Waals surface area contributed by atoms with Gasteiger partial charge >= 0.3 is 0 Å². The molecule has 27 heavy (non-hydrogen) atoms. The fourth-order valence-corrected chi connectivity index (χ4v) is 4.91. The molecule has 5 nitrogen and oxygen atoms in total. The molecule has 1 saturated heterocycles. The molecule has 1 aliphatic heterocycles. The summed E-state index contributed by atoms with van der Waals surface area (Å²) in [7, 11) is -2.02. The zero-order chi connectivity index (χ0) is 20.0. The van der Waals surface area contributed by atoms with E-state index in [1.165, 1.54) is 0 Å². The van der Waals surface area contributed by atoms with Crippen molar-refractivity contribution in [2.24, 2.45) is 5.73 Å². The van der Waals surface area contributed by atoms with Crippen LogP contribution >= 0.6 is 0 Å². The minimum Gasteiger partial charge on any atom is -0.409 e. The predicted molar refractivity (Wildman–Crippen MR) is 109 cm³/mol. The molecule has 2 aliphatic rings. The van der Waals surface area contributed by atoms with Gasteiger partial charge in [-0.05, 0) is 37.5 Å². The standard InChI is InChI=1S/C21H35NO4Si/c1-20(2,3)27(6,7)26-17-15(22)16-19(25-21(4,5)24-16)18(17)23-13-14-11-9-8-10-12-14/h8-12,15-19H,13,22H2,1-7H3/t15-,16+,17-,18+,19+/m0/s1. The third-order valence-electron chi connectivity index (χ3n) is 6.09. The molecular weight excluding hydrogens is 358 g/mol. The molecule has 0 unspecified atom stereocenters. The fourth-order valence-electron chi connectivity index (χ4n) is 3.58. The van der Waals surface area contributed by atoms with E-state index in [1.807, 2.05) is 32.0 Å². The Kier molecular flexibility index (Phi) is 5.62. The summed E-state index contributed by atoms with van der Waals surface area (Å²) in [5.74, 6) is -0.650. The van der Waals surface area contributed by atoms with E-state index in [0.29, 0.717) is 6.61 Å². The van der Waals surface area contributed by atoms with Crippen molar-refractivity contribution < 1.29 is 18.6 Å². The highest BCUT2D eigenvalue weighted by atomic mass is 28.4. The van der Waals surface area contributed by atoms with Crippen molar-refractivity contribution >= 4 is 8.32 Å². The van der Waals surface area contributed by atoms with Crippen molar-refractivity contribution in [2.75, 3.05) is 0 Å². The maximum Gasteiger partial charge on any atom is 0.192 e. The zero-order valence-electron chi connectivity index (χ0n) is 17.7. The smallest absolute Gasteiger partial charge is 0.192 e. The van der Waals surface area contributed by atoms with Crippen LogP contribution < -0.4 is 5.73 Å². The first-order valence-corrected chi connectivity index (χ1v) is 12.8. The molecule has 0 bridgehead atoms. The average Bonchev–Trinajstić information content (AvgIpc) is 2.98. The molecule has 3 rings (SSSR count). The summed E-state index contributed by atoms with van der Waals surface area (Å²) >= 11 is 0. The number of ether oxygens (including phenoxy) is 3. The van der Waals surface area contributed by atoms with Crippen LogP contribution in [-0.4, -0.2) is 44.6 Å². The van der Waals surface area contributed by atoms with Gasteiger partial charge in [-0.15, -0.1) is 0 Å². The van der Waals surface area contributed by atoms with Crippen LogP contribution in [0.15, 0.2) is 30.3 Å². The van der Waals surface area contributed by atoms with Crippen LogP contribution in [0.3, 0.4) is 0 Å². The molecule has 2 N–H and O–H groups in total. The lowest BCUT2D eigenvalue weighted by atomic mass is 10.2. The fraction of sp³-hybridized carbons (Fsp3) is 0.714. The van der Waals surface area contributed by atoms with E-state index < -0.39 is 14.1 Å². The Bertz CT molecular complexity index is 643. The van der Waals surface area contributed by atoms with Crippen molar-refractivity contribution in [1.29, 1.82) is 0 Å². The highest BCUT2D eigenvalue weighted by Gasteiger charge is 2.60. The molecule has 0 radical (unpaired) electrons. The summed E-state index contributed by atoms with van der Waals surface area (Å²) in [5, 5.41) is 0.0926. The van der Waals surface area contributed by atoms with Crippen LogP contribution in [0.4, 0.5) is 0 Å². The van der Waals surface area contributed by atoms with Crippen molar-refractivity contribution in [2.45, 2.75) is 95.6 Å². The quantitative estimate of drug-likeness (QED) is 0.771. The van der Waals surface area contributed by atoms with Gasteiger partial charge in [-0.25, -0.2) is 0 Å². The number of hydrogen-bond acceptors (Lipinski definition) is 5. The topological polar surface area (TPSA) is 62.9 Å². The molecule has 1 saturated carbocycles. The largest absolute Gasteiger partial charge is 0.409 e. The molecular formula is C21H35NO4Si. The van der Waals surface area contributed by atoms with Crippen LogP contribution in [0.5, 0.6) is 0 Å². The van der Waals surface area contributed by atoms with E-state index in [1.54, 1.807) is 0 Å². The van der Waals surface area contributed by atoms with Gasteiger partial charge in [-0.2, -0.15) is 0 Å². The Hall–Kier alpha value is -0.763. The molecule has 152 valence electrons. The van der Waals surface area contributed by atoms with Gasteiger partial charge in [0.2, 0.25) is 0 Å². The number of rotatable bonds is 5. The lowest BCUT2D eigenvalue weighted by Gasteiger charge is -2.41. The second-order valence-corrected chi connectivity index (χ2v) is 14.5. The first kappa shape index (κ1) is 21.0. The summed E-state index contributed by atoms with van der Waals surface area (Å²) in [6, 6.07) is 9.89. The van der Waals surface area contributed by atoms with Gasteiger partial charge in [0.1, 0.15) is 18.3 Å². The molecule has 5 atom stereocenters. The molecule has 0 aromatic heterocycles. The SMILES string of the molecule is CC1(C)O[C@H]2[C@H](OCc3ccccc3)[C@@H](O[Si](C)(C)C(C)(C)C)[C@@H](N)[C@H]2O1. The average molecular weight is 394 g/mol. The minimum atomic E-state index is -2.02. The number of nitrogens with two attached hydrogens (primary N) is 1. The van der Waals surface area contributed by atoms with Gasteiger partial charge in [0.15, 0.2) is 14.1 Å². The third-order valence-corrected chi connectivity index (χ3v) is 10.6. The monoisotopic (exact) mass is 393 g/mol. The zero-order valence-corrected chi connectivity index (χ0v) is 18.7. The lowest BCUT2D eigenvalue weighted by Crippen LogP contribution is -2.53. The number of hydrogen-bond donors (Lipinski definition) is 1. The second kappa shape index (κ2) is 7.24. The van der Waals surface area contributed by atoms with Crippen LogP contribution in [0.1, 0.15) is 40.2 Å². The van der Waals surface area contributed by atoms with E-state index in [2.05, 4.69) is 46.0 Å². The summed E-state index contributed by atoms with van der Waals surface area (Å²) in [4.78, 5) is 0. The van der Waals surface area contributed by atoms with E-state index in [0.717, 1.165) is 5.56 Å². The molecule has 1 aliphatic carbocycles. The Morgan fingerprint density at radius 1 is 1.04 bits per heavy atom. The number of benzene rings is 1. The predicted octanol–water partition coefficient (Wildman–Crippen LogP) is 3.82. The molecule has 0 amide bonds. The van der Waals surface area contributed by atoms with E-state index in [9.17, 15) is 0 Å². The Balaban J connectivity index is 1.81. The number of fused-ring (bicyclic) bond motifs is 1. The second-order valence-electron chi connectivity index (χ2n) is 9.75. The maximum atomic E-state index is 6.71.